The quantitative estimate of drug-likeness (QED) is 0.413. The van der Waals surface area contributed by atoms with Crippen molar-refractivity contribution in [3.05, 3.63) is 84.4 Å². The minimum Gasteiger partial charge on any atom is -0.384 e. The molecule has 0 aliphatic heterocycles. The van der Waals surface area contributed by atoms with Crippen LogP contribution in [-0.2, 0) is 6.42 Å². The maximum Gasteiger partial charge on any atom is 0.123 e. The molecule has 0 atom stereocenters. The SMILES string of the molecule is C=CCc1ccccc1-c1c(C(=N)N)ccc2ccccc12. The summed E-state index contributed by atoms with van der Waals surface area (Å²) in [7, 11) is 0. The van der Waals surface area contributed by atoms with Gasteiger partial charge in [0.2, 0.25) is 0 Å². The average molecular weight is 286 g/mol. The number of hydrogen-bond donors (Lipinski definition) is 2. The third-order valence-electron chi connectivity index (χ3n) is 3.87. The van der Waals surface area contributed by atoms with Gasteiger partial charge in [0.15, 0.2) is 0 Å². The summed E-state index contributed by atoms with van der Waals surface area (Å²) in [5.41, 5.74) is 9.94. The van der Waals surface area contributed by atoms with Gasteiger partial charge < -0.3 is 5.73 Å². The Morgan fingerprint density at radius 1 is 1.00 bits per heavy atom. The van der Waals surface area contributed by atoms with Crippen LogP contribution in [0.3, 0.4) is 0 Å². The molecule has 2 nitrogen and oxygen atoms in total. The lowest BCUT2D eigenvalue weighted by atomic mass is 9.89. The Kier molecular flexibility index (Phi) is 3.75. The summed E-state index contributed by atoms with van der Waals surface area (Å²) in [4.78, 5) is 0. The minimum absolute atomic E-state index is 0.0918. The first kappa shape index (κ1) is 14.1. The molecule has 22 heavy (non-hydrogen) atoms. The van der Waals surface area contributed by atoms with Gasteiger partial charge >= 0.3 is 0 Å². The van der Waals surface area contributed by atoms with Crippen LogP contribution < -0.4 is 5.73 Å². The number of benzene rings is 3. The first-order chi connectivity index (χ1) is 10.7. The molecular weight excluding hydrogens is 268 g/mol. The lowest BCUT2D eigenvalue weighted by molar-refractivity contribution is 1.28. The Morgan fingerprint density at radius 3 is 2.50 bits per heavy atom. The van der Waals surface area contributed by atoms with Crippen molar-refractivity contribution in [1.29, 1.82) is 5.41 Å². The van der Waals surface area contributed by atoms with Gasteiger partial charge in [-0.3, -0.25) is 5.41 Å². The number of amidine groups is 1. The number of nitrogen functional groups attached to an aromatic ring is 1. The van der Waals surface area contributed by atoms with E-state index in [1.165, 1.54) is 5.56 Å². The molecule has 0 unspecified atom stereocenters. The average Bonchev–Trinajstić information content (AvgIpc) is 2.54. The van der Waals surface area contributed by atoms with E-state index in [2.05, 4.69) is 30.8 Å². The zero-order valence-corrected chi connectivity index (χ0v) is 12.3. The van der Waals surface area contributed by atoms with Crippen molar-refractivity contribution in [3.8, 4) is 11.1 Å². The van der Waals surface area contributed by atoms with Crippen LogP contribution in [0.1, 0.15) is 11.1 Å². The Labute approximate surface area is 130 Å². The van der Waals surface area contributed by atoms with Gasteiger partial charge in [0.1, 0.15) is 5.84 Å². The molecule has 0 heterocycles. The highest BCUT2D eigenvalue weighted by atomic mass is 14.7. The Balaban J connectivity index is 2.40. The molecule has 0 bridgehead atoms. The van der Waals surface area contributed by atoms with Crippen LogP contribution in [0.4, 0.5) is 0 Å². The molecule has 108 valence electrons. The molecule has 0 amide bonds. The van der Waals surface area contributed by atoms with Gasteiger partial charge in [-0.2, -0.15) is 0 Å². The van der Waals surface area contributed by atoms with Crippen molar-refractivity contribution >= 4 is 16.6 Å². The van der Waals surface area contributed by atoms with Crippen LogP contribution in [0.15, 0.2) is 73.3 Å². The molecule has 0 aromatic heterocycles. The van der Waals surface area contributed by atoms with Crippen molar-refractivity contribution in [1.82, 2.24) is 0 Å². The van der Waals surface area contributed by atoms with Crippen molar-refractivity contribution in [2.75, 3.05) is 0 Å². The summed E-state index contributed by atoms with van der Waals surface area (Å²) in [6.45, 7) is 3.84. The Morgan fingerprint density at radius 2 is 1.73 bits per heavy atom. The largest absolute Gasteiger partial charge is 0.384 e. The van der Waals surface area contributed by atoms with Gasteiger partial charge in [-0.1, -0.05) is 66.7 Å². The number of fused-ring (bicyclic) bond motifs is 1. The van der Waals surface area contributed by atoms with Gasteiger partial charge in [-0.15, -0.1) is 6.58 Å². The Hall–Kier alpha value is -2.87. The van der Waals surface area contributed by atoms with E-state index in [-0.39, 0.29) is 5.84 Å². The first-order valence-corrected chi connectivity index (χ1v) is 7.27. The zero-order valence-electron chi connectivity index (χ0n) is 12.3. The molecule has 2 heteroatoms. The van der Waals surface area contributed by atoms with E-state index in [1.807, 2.05) is 42.5 Å². The second-order valence-electron chi connectivity index (χ2n) is 5.27. The van der Waals surface area contributed by atoms with E-state index in [9.17, 15) is 0 Å². The fourth-order valence-electron chi connectivity index (χ4n) is 2.88. The van der Waals surface area contributed by atoms with Gasteiger partial charge in [-0.25, -0.2) is 0 Å². The molecule has 0 fully saturated rings. The smallest absolute Gasteiger partial charge is 0.123 e. The van der Waals surface area contributed by atoms with Crippen LogP contribution in [0.2, 0.25) is 0 Å². The monoisotopic (exact) mass is 286 g/mol. The van der Waals surface area contributed by atoms with E-state index in [0.29, 0.717) is 0 Å². The molecule has 0 aliphatic carbocycles. The van der Waals surface area contributed by atoms with E-state index in [0.717, 1.165) is 33.9 Å². The number of nitrogens with two attached hydrogens (primary N) is 1. The predicted octanol–water partition coefficient (Wildman–Crippen LogP) is 4.52. The molecular formula is C20H18N2. The molecule has 3 N–H and O–H groups in total. The Bertz CT molecular complexity index is 862. The maximum atomic E-state index is 7.93. The van der Waals surface area contributed by atoms with Crippen LogP contribution in [0, 0.1) is 5.41 Å². The summed E-state index contributed by atoms with van der Waals surface area (Å²) in [5, 5.41) is 10.2. The second kappa shape index (κ2) is 5.86. The van der Waals surface area contributed by atoms with Crippen molar-refractivity contribution in [2.45, 2.75) is 6.42 Å². The standard InChI is InChI=1S/C20H18N2/c1-2-7-14-8-3-5-10-16(14)19-17-11-6-4-9-15(17)12-13-18(19)20(21)22/h2-6,8-13H,1,7H2,(H3,21,22). The zero-order chi connectivity index (χ0) is 15.5. The van der Waals surface area contributed by atoms with E-state index >= 15 is 0 Å². The lowest BCUT2D eigenvalue weighted by Gasteiger charge is -2.15. The summed E-state index contributed by atoms with van der Waals surface area (Å²) >= 11 is 0. The topological polar surface area (TPSA) is 49.9 Å². The molecule has 0 radical (unpaired) electrons. The fraction of sp³-hybridized carbons (Fsp3) is 0.0500. The van der Waals surface area contributed by atoms with E-state index < -0.39 is 0 Å². The van der Waals surface area contributed by atoms with E-state index in [1.54, 1.807) is 0 Å². The van der Waals surface area contributed by atoms with Crippen LogP contribution >= 0.6 is 0 Å². The number of rotatable bonds is 4. The summed E-state index contributed by atoms with van der Waals surface area (Å²) in [6.07, 6.45) is 2.69. The van der Waals surface area contributed by atoms with Crippen molar-refractivity contribution < 1.29 is 0 Å². The highest BCUT2D eigenvalue weighted by Crippen LogP contribution is 2.34. The molecule has 3 rings (SSSR count). The van der Waals surface area contributed by atoms with Gasteiger partial charge in [0, 0.05) is 11.1 Å². The highest BCUT2D eigenvalue weighted by molar-refractivity contribution is 6.10. The number of hydrogen-bond acceptors (Lipinski definition) is 1. The van der Waals surface area contributed by atoms with Crippen molar-refractivity contribution in [2.24, 2.45) is 5.73 Å². The molecule has 0 saturated heterocycles. The second-order valence-corrected chi connectivity index (χ2v) is 5.27. The maximum absolute atomic E-state index is 7.93. The lowest BCUT2D eigenvalue weighted by Crippen LogP contribution is -2.13. The van der Waals surface area contributed by atoms with Crippen molar-refractivity contribution in [3.63, 3.8) is 0 Å². The fourth-order valence-corrected chi connectivity index (χ4v) is 2.88. The minimum atomic E-state index is 0.0918. The molecule has 0 spiro atoms. The van der Waals surface area contributed by atoms with Gasteiger partial charge in [0.25, 0.3) is 0 Å². The predicted molar refractivity (Wildman–Crippen MR) is 94.3 cm³/mol. The highest BCUT2D eigenvalue weighted by Gasteiger charge is 2.14. The summed E-state index contributed by atoms with van der Waals surface area (Å²) in [5.74, 6) is 0.0918. The van der Waals surface area contributed by atoms with Gasteiger partial charge in [-0.05, 0) is 28.3 Å². The van der Waals surface area contributed by atoms with Gasteiger partial charge in [0.05, 0.1) is 0 Å². The first-order valence-electron chi connectivity index (χ1n) is 7.27. The number of allylic oxidation sites excluding steroid dienone is 1. The van der Waals surface area contributed by atoms with Crippen LogP contribution in [-0.4, -0.2) is 5.84 Å². The summed E-state index contributed by atoms with van der Waals surface area (Å²) < 4.78 is 0. The number of nitrogens with one attached hydrogen (secondary N) is 1. The normalized spacial score (nSPS) is 10.5. The van der Waals surface area contributed by atoms with Crippen LogP contribution in [0.25, 0.3) is 21.9 Å². The third kappa shape index (κ3) is 2.40. The molecule has 3 aromatic rings. The summed E-state index contributed by atoms with van der Waals surface area (Å²) in [6, 6.07) is 20.4. The molecule has 0 saturated carbocycles. The van der Waals surface area contributed by atoms with E-state index in [4.69, 9.17) is 11.1 Å². The third-order valence-corrected chi connectivity index (χ3v) is 3.87. The van der Waals surface area contributed by atoms with Crippen LogP contribution in [0.5, 0.6) is 0 Å². The molecule has 0 aliphatic rings. The molecule has 3 aromatic carbocycles.